The Morgan fingerprint density at radius 3 is 2.52 bits per heavy atom. The van der Waals surface area contributed by atoms with Crippen molar-refractivity contribution in [2.45, 2.75) is 45.9 Å². The minimum atomic E-state index is -1.16. The van der Waals surface area contributed by atoms with Crippen LogP contribution >= 0.6 is 0 Å². The van der Waals surface area contributed by atoms with Crippen molar-refractivity contribution in [3.8, 4) is 0 Å². The van der Waals surface area contributed by atoms with Crippen LogP contribution in [0.15, 0.2) is 18.2 Å². The molecule has 1 atom stereocenters. The number of aromatic nitrogens is 1. The zero-order valence-corrected chi connectivity index (χ0v) is 16.6. The first-order valence-electron chi connectivity index (χ1n) is 9.25. The Bertz CT molecular complexity index is 561. The van der Waals surface area contributed by atoms with E-state index in [-0.39, 0.29) is 5.91 Å². The number of amides is 1. The minimum absolute atomic E-state index is 0.152. The number of hydrogen-bond acceptors (Lipinski definition) is 3. The van der Waals surface area contributed by atoms with E-state index in [0.717, 1.165) is 19.5 Å². The third-order valence-corrected chi connectivity index (χ3v) is 4.71. The molecular weight excluding hydrogens is 308 g/mol. The van der Waals surface area contributed by atoms with Crippen LogP contribution in [0.5, 0.6) is 0 Å². The largest absolute Gasteiger partial charge is 0.343 e. The number of hydrogen-bond donors (Lipinski definition) is 0. The first kappa shape index (κ1) is 21.8. The molecule has 1 fully saturated rings. The number of nitrogens with zero attached hydrogens (tertiary/aromatic N) is 3. The lowest BCUT2D eigenvalue weighted by molar-refractivity contribution is 0.0820. The van der Waals surface area contributed by atoms with E-state index in [1.165, 1.54) is 11.3 Å². The van der Waals surface area contributed by atoms with Crippen molar-refractivity contribution in [2.75, 3.05) is 27.2 Å². The van der Waals surface area contributed by atoms with Crippen molar-refractivity contribution in [2.24, 2.45) is 11.8 Å². The smallest absolute Gasteiger partial charge is 0.271 e. The van der Waals surface area contributed by atoms with Gasteiger partial charge in [0.2, 0.25) is 0 Å². The number of pyridine rings is 1. The summed E-state index contributed by atoms with van der Waals surface area (Å²) in [6.07, 6.45) is 2.28. The minimum Gasteiger partial charge on any atom is -0.343 e. The molecule has 2 heterocycles. The van der Waals surface area contributed by atoms with Crippen LogP contribution in [0.4, 0.5) is 0 Å². The first-order valence-corrected chi connectivity index (χ1v) is 9.25. The average Bonchev–Trinajstić information content (AvgIpc) is 2.62. The summed E-state index contributed by atoms with van der Waals surface area (Å²) in [5.74, 6) is 1.03. The SMILES string of the molecule is CC.[B]C([B])(c1cccc(C(=O)N(C)C)n1)N1CCCC(C(C)C)C1. The fourth-order valence-electron chi connectivity index (χ4n) is 3.06. The van der Waals surface area contributed by atoms with Gasteiger partial charge in [-0.25, -0.2) is 4.98 Å². The Morgan fingerprint density at radius 1 is 1.32 bits per heavy atom. The van der Waals surface area contributed by atoms with Crippen LogP contribution in [0.1, 0.15) is 56.7 Å². The monoisotopic (exact) mass is 339 g/mol. The summed E-state index contributed by atoms with van der Waals surface area (Å²) in [5, 5.41) is -1.16. The molecule has 25 heavy (non-hydrogen) atoms. The van der Waals surface area contributed by atoms with Gasteiger partial charge in [0.1, 0.15) is 5.69 Å². The molecule has 0 spiro atoms. The summed E-state index contributed by atoms with van der Waals surface area (Å²) in [5.41, 5.74) is 0.903. The Hall–Kier alpha value is -1.29. The predicted octanol–water partition coefficient (Wildman–Crippen LogP) is 2.62. The molecule has 0 saturated carbocycles. The summed E-state index contributed by atoms with van der Waals surface area (Å²) in [6.45, 7) is 10.2. The molecule has 1 saturated heterocycles. The number of carbonyl (C=O) groups excluding carboxylic acids is 1. The van der Waals surface area contributed by atoms with Gasteiger partial charge in [-0.1, -0.05) is 33.8 Å². The molecule has 1 amide bonds. The molecule has 0 bridgehead atoms. The van der Waals surface area contributed by atoms with Crippen LogP contribution in [-0.2, 0) is 5.34 Å². The molecule has 0 N–H and O–H groups in total. The fraction of sp³-hybridized carbons (Fsp3) is 0.684. The van der Waals surface area contributed by atoms with E-state index in [0.29, 0.717) is 23.2 Å². The maximum atomic E-state index is 12.1. The van der Waals surface area contributed by atoms with Gasteiger partial charge in [0, 0.05) is 26.3 Å². The van der Waals surface area contributed by atoms with Crippen LogP contribution in [0.3, 0.4) is 0 Å². The summed E-state index contributed by atoms with van der Waals surface area (Å²) in [6, 6.07) is 5.28. The van der Waals surface area contributed by atoms with E-state index < -0.39 is 5.34 Å². The highest BCUT2D eigenvalue weighted by molar-refractivity contribution is 6.39. The number of carbonyl (C=O) groups is 1. The van der Waals surface area contributed by atoms with Crippen molar-refractivity contribution >= 4 is 21.6 Å². The van der Waals surface area contributed by atoms with Gasteiger partial charge in [-0.3, -0.25) is 4.79 Å². The van der Waals surface area contributed by atoms with Crippen molar-refractivity contribution in [3.63, 3.8) is 0 Å². The second-order valence-corrected chi connectivity index (χ2v) is 7.03. The quantitative estimate of drug-likeness (QED) is 0.792. The predicted molar refractivity (Wildman–Crippen MR) is 106 cm³/mol. The van der Waals surface area contributed by atoms with Gasteiger partial charge in [-0.05, 0) is 48.7 Å². The third-order valence-electron chi connectivity index (χ3n) is 4.71. The van der Waals surface area contributed by atoms with E-state index in [1.807, 2.05) is 13.8 Å². The van der Waals surface area contributed by atoms with Crippen LogP contribution < -0.4 is 0 Å². The fourth-order valence-corrected chi connectivity index (χ4v) is 3.06. The third kappa shape index (κ3) is 5.34. The molecule has 1 aromatic heterocycles. The summed E-state index contributed by atoms with van der Waals surface area (Å²) in [7, 11) is 16.3. The standard InChI is InChI=1S/C17H25B2N3O.C2H6/c1-12(2)13-7-6-10-22(11-13)17(18,19)15-9-5-8-14(20-15)16(23)21(3)4;1-2/h5,8-9,12-13H,6-7,10-11H2,1-4H3;1-2H3. The van der Waals surface area contributed by atoms with E-state index in [2.05, 4.69) is 23.7 Å². The number of piperidine rings is 1. The van der Waals surface area contributed by atoms with E-state index >= 15 is 0 Å². The highest BCUT2D eigenvalue weighted by atomic mass is 16.2. The van der Waals surface area contributed by atoms with E-state index in [4.69, 9.17) is 15.7 Å². The lowest BCUT2D eigenvalue weighted by Gasteiger charge is -2.45. The number of rotatable bonds is 4. The average molecular weight is 339 g/mol. The molecule has 134 valence electrons. The van der Waals surface area contributed by atoms with Gasteiger partial charge in [0.25, 0.3) is 5.91 Å². The summed E-state index contributed by atoms with van der Waals surface area (Å²) >= 11 is 0. The molecule has 1 aromatic rings. The maximum Gasteiger partial charge on any atom is 0.271 e. The van der Waals surface area contributed by atoms with Crippen molar-refractivity contribution in [1.29, 1.82) is 0 Å². The van der Waals surface area contributed by atoms with Crippen LogP contribution in [0.25, 0.3) is 0 Å². The maximum absolute atomic E-state index is 12.1. The lowest BCUT2D eigenvalue weighted by atomic mass is 9.57. The first-order chi connectivity index (χ1) is 11.7. The lowest BCUT2D eigenvalue weighted by Crippen LogP contribution is -2.53. The summed E-state index contributed by atoms with van der Waals surface area (Å²) in [4.78, 5) is 20.1. The molecule has 1 aliphatic rings. The van der Waals surface area contributed by atoms with Crippen LogP contribution in [0.2, 0.25) is 0 Å². The van der Waals surface area contributed by atoms with Gasteiger partial charge in [0.15, 0.2) is 0 Å². The zero-order valence-electron chi connectivity index (χ0n) is 16.6. The zero-order chi connectivity index (χ0) is 19.2. The Labute approximate surface area is 156 Å². The molecule has 0 aliphatic carbocycles. The second-order valence-electron chi connectivity index (χ2n) is 7.03. The van der Waals surface area contributed by atoms with Gasteiger partial charge in [-0.2, -0.15) is 0 Å². The van der Waals surface area contributed by atoms with E-state index in [1.54, 1.807) is 32.3 Å². The molecule has 4 nitrogen and oxygen atoms in total. The second kappa shape index (κ2) is 9.42. The molecular formula is C19H31B2N3O. The van der Waals surface area contributed by atoms with Gasteiger partial charge in [0.05, 0.1) is 15.7 Å². The molecule has 1 unspecified atom stereocenters. The van der Waals surface area contributed by atoms with Crippen molar-refractivity contribution in [3.05, 3.63) is 29.6 Å². The van der Waals surface area contributed by atoms with Crippen molar-refractivity contribution in [1.82, 2.24) is 14.8 Å². The highest BCUT2D eigenvalue weighted by Gasteiger charge is 2.34. The number of likely N-dealkylation sites (tertiary alicyclic amines) is 1. The van der Waals surface area contributed by atoms with E-state index in [9.17, 15) is 4.79 Å². The van der Waals surface area contributed by atoms with Crippen LogP contribution in [-0.4, -0.2) is 63.6 Å². The van der Waals surface area contributed by atoms with Crippen LogP contribution in [0, 0.1) is 11.8 Å². The van der Waals surface area contributed by atoms with Gasteiger partial charge < -0.3 is 9.80 Å². The Balaban J connectivity index is 0.00000151. The highest BCUT2D eigenvalue weighted by Crippen LogP contribution is 2.30. The molecule has 0 aromatic carbocycles. The van der Waals surface area contributed by atoms with Gasteiger partial charge >= 0.3 is 0 Å². The van der Waals surface area contributed by atoms with Gasteiger partial charge in [-0.15, -0.1) is 0 Å². The Kier molecular flexibility index (Phi) is 8.20. The molecule has 4 radical (unpaired) electrons. The topological polar surface area (TPSA) is 36.4 Å². The molecule has 2 rings (SSSR count). The molecule has 6 heteroatoms. The normalized spacial score (nSPS) is 18.4. The molecule has 1 aliphatic heterocycles. The van der Waals surface area contributed by atoms with Crippen molar-refractivity contribution < 1.29 is 4.79 Å². The Morgan fingerprint density at radius 2 is 1.96 bits per heavy atom. The summed E-state index contributed by atoms with van der Waals surface area (Å²) < 4.78 is 0.